The lowest BCUT2D eigenvalue weighted by Crippen LogP contribution is -2.20. The van der Waals surface area contributed by atoms with Gasteiger partial charge < -0.3 is 25.6 Å². The molecule has 0 saturated heterocycles. The first-order valence-corrected chi connectivity index (χ1v) is 11.8. The average Bonchev–Trinajstić information content (AvgIpc) is 3.32. The number of rotatable bonds is 13. The van der Waals surface area contributed by atoms with Crippen LogP contribution < -0.4 is 25.4 Å². The van der Waals surface area contributed by atoms with Crippen LogP contribution in [0.25, 0.3) is 10.9 Å². The molecule has 0 atom stereocenters. The fraction of sp³-hybridized carbons (Fsp3) is 0.280. The van der Waals surface area contributed by atoms with Gasteiger partial charge in [-0.2, -0.15) is 5.10 Å². The summed E-state index contributed by atoms with van der Waals surface area (Å²) in [5, 5.41) is 19.4. The molecule has 0 fully saturated rings. The van der Waals surface area contributed by atoms with Crippen molar-refractivity contribution < 1.29 is 28.2 Å². The molecule has 11 nitrogen and oxygen atoms in total. The van der Waals surface area contributed by atoms with Crippen molar-refractivity contribution in [1.29, 1.82) is 0 Å². The monoisotopic (exact) mass is 527 g/mol. The summed E-state index contributed by atoms with van der Waals surface area (Å²) in [6.07, 6.45) is 1.90. The van der Waals surface area contributed by atoms with Crippen molar-refractivity contribution in [3.05, 3.63) is 60.1 Å². The second-order valence-electron chi connectivity index (χ2n) is 8.25. The molecule has 13 heteroatoms. The third kappa shape index (κ3) is 6.30. The number of nitrogens with one attached hydrogen (secondary N) is 2. The Balaban J connectivity index is 1.76. The number of aliphatic hydroxyl groups excluding tert-OH is 1. The van der Waals surface area contributed by atoms with E-state index in [2.05, 4.69) is 25.5 Å². The molecule has 4 rings (SSSR count). The Bertz CT molecular complexity index is 1400. The third-order valence-electron chi connectivity index (χ3n) is 5.47. The molecule has 2 aromatic heterocycles. The molecule has 38 heavy (non-hydrogen) atoms. The van der Waals surface area contributed by atoms with E-state index in [4.69, 9.17) is 20.3 Å². The van der Waals surface area contributed by atoms with Crippen LogP contribution in [0.3, 0.4) is 0 Å². The molecule has 5 N–H and O–H groups in total. The molecule has 0 spiro atoms. The quantitative estimate of drug-likeness (QED) is 0.192. The number of aromatic nitrogens is 4. The Labute approximate surface area is 216 Å². The number of amides is 1. The number of ether oxygens (including phenoxy) is 2. The molecule has 0 aliphatic rings. The number of halogens is 2. The summed E-state index contributed by atoms with van der Waals surface area (Å²) < 4.78 is 39.9. The highest BCUT2D eigenvalue weighted by Gasteiger charge is 2.23. The predicted molar refractivity (Wildman–Crippen MR) is 136 cm³/mol. The Morgan fingerprint density at radius 3 is 2.61 bits per heavy atom. The molecular weight excluding hydrogens is 500 g/mol. The summed E-state index contributed by atoms with van der Waals surface area (Å²) in [5.74, 6) is -0.818. The van der Waals surface area contributed by atoms with Gasteiger partial charge in [-0.3, -0.25) is 14.8 Å². The first-order chi connectivity index (χ1) is 18.4. The van der Waals surface area contributed by atoms with Crippen LogP contribution in [-0.2, 0) is 11.2 Å². The van der Waals surface area contributed by atoms with E-state index in [0.717, 1.165) is 18.2 Å². The zero-order valence-electron chi connectivity index (χ0n) is 20.6. The van der Waals surface area contributed by atoms with Gasteiger partial charge in [-0.1, -0.05) is 0 Å². The molecule has 0 radical (unpaired) electrons. The SMILES string of the molecule is COc1cc2c(N(c3cc(F)cc(F)c3)c3cc(CC(N)=O)[nH]n3)ncnc2cc1OCCCNCCO. The van der Waals surface area contributed by atoms with E-state index in [-0.39, 0.29) is 30.4 Å². The van der Waals surface area contributed by atoms with Crippen LogP contribution in [0, 0.1) is 11.6 Å². The van der Waals surface area contributed by atoms with Crippen molar-refractivity contribution in [2.75, 3.05) is 38.3 Å². The molecule has 2 heterocycles. The van der Waals surface area contributed by atoms with E-state index in [1.807, 2.05) is 0 Å². The maximum atomic E-state index is 14.3. The Morgan fingerprint density at radius 2 is 1.89 bits per heavy atom. The molecule has 0 unspecified atom stereocenters. The number of nitrogens with two attached hydrogens (primary N) is 1. The predicted octanol–water partition coefficient (Wildman–Crippen LogP) is 2.49. The summed E-state index contributed by atoms with van der Waals surface area (Å²) >= 11 is 0. The van der Waals surface area contributed by atoms with E-state index < -0.39 is 17.5 Å². The number of primary amides is 1. The number of fused-ring (bicyclic) bond motifs is 1. The van der Waals surface area contributed by atoms with Gasteiger partial charge in [-0.15, -0.1) is 0 Å². The minimum Gasteiger partial charge on any atom is -0.493 e. The maximum absolute atomic E-state index is 14.3. The normalized spacial score (nSPS) is 11.1. The van der Waals surface area contributed by atoms with Gasteiger partial charge in [0.05, 0.1) is 37.9 Å². The molecule has 1 amide bonds. The van der Waals surface area contributed by atoms with Crippen molar-refractivity contribution >= 4 is 34.1 Å². The Kier molecular flexibility index (Phi) is 8.61. The highest BCUT2D eigenvalue weighted by atomic mass is 19.1. The topological polar surface area (TPSA) is 152 Å². The lowest BCUT2D eigenvalue weighted by molar-refractivity contribution is -0.117. The summed E-state index contributed by atoms with van der Waals surface area (Å²) in [7, 11) is 1.49. The third-order valence-corrected chi connectivity index (χ3v) is 5.47. The molecule has 0 saturated carbocycles. The van der Waals surface area contributed by atoms with Crippen molar-refractivity contribution in [1.82, 2.24) is 25.5 Å². The number of anilines is 3. The molecule has 4 aromatic rings. The van der Waals surface area contributed by atoms with Gasteiger partial charge in [-0.05, 0) is 31.2 Å². The van der Waals surface area contributed by atoms with Gasteiger partial charge >= 0.3 is 0 Å². The molecule has 0 bridgehead atoms. The van der Waals surface area contributed by atoms with Crippen LogP contribution in [-0.4, -0.2) is 64.6 Å². The number of aromatic amines is 1. The number of nitrogens with zero attached hydrogens (tertiary/aromatic N) is 4. The van der Waals surface area contributed by atoms with Gasteiger partial charge in [0.15, 0.2) is 17.3 Å². The first-order valence-electron chi connectivity index (χ1n) is 11.8. The molecule has 0 aliphatic carbocycles. The van der Waals surface area contributed by atoms with Crippen molar-refractivity contribution in [3.63, 3.8) is 0 Å². The molecule has 0 aliphatic heterocycles. The maximum Gasteiger partial charge on any atom is 0.223 e. The summed E-state index contributed by atoms with van der Waals surface area (Å²) in [5.41, 5.74) is 6.30. The zero-order chi connectivity index (χ0) is 27.1. The van der Waals surface area contributed by atoms with Gasteiger partial charge in [0.2, 0.25) is 5.91 Å². The first kappa shape index (κ1) is 26.7. The number of aliphatic hydroxyl groups is 1. The molecule has 2 aromatic carbocycles. The summed E-state index contributed by atoms with van der Waals surface area (Å²) in [6.45, 7) is 1.63. The lowest BCUT2D eigenvalue weighted by atomic mass is 10.1. The number of hydrogen-bond acceptors (Lipinski definition) is 9. The standard InChI is InChI=1S/C25H27F2N7O4/c1-37-21-12-19-20(13-22(21)38-6-2-3-29-4-5-35)30-14-31-25(19)34(18-8-15(26)7-16(27)9-18)24-11-17(32-33-24)10-23(28)36/h7-9,11-14,29,35H,2-6,10H2,1H3,(H2,28,36)(H,32,33). The smallest absolute Gasteiger partial charge is 0.223 e. The minimum absolute atomic E-state index is 0.0609. The Hall–Kier alpha value is -4.36. The number of methoxy groups -OCH3 is 1. The van der Waals surface area contributed by atoms with E-state index in [9.17, 15) is 13.6 Å². The largest absolute Gasteiger partial charge is 0.493 e. The van der Waals surface area contributed by atoms with E-state index >= 15 is 0 Å². The summed E-state index contributed by atoms with van der Waals surface area (Å²) in [6, 6.07) is 7.94. The minimum atomic E-state index is -0.794. The van der Waals surface area contributed by atoms with Crippen LogP contribution in [0.5, 0.6) is 11.5 Å². The zero-order valence-corrected chi connectivity index (χ0v) is 20.6. The van der Waals surface area contributed by atoms with Gasteiger partial charge in [-0.25, -0.2) is 18.7 Å². The van der Waals surface area contributed by atoms with Crippen LogP contribution in [0.1, 0.15) is 12.1 Å². The van der Waals surface area contributed by atoms with Gasteiger partial charge in [0, 0.05) is 35.8 Å². The number of hydrogen-bond donors (Lipinski definition) is 4. The number of benzene rings is 2. The number of H-pyrrole nitrogens is 1. The highest BCUT2D eigenvalue weighted by Crippen LogP contribution is 2.40. The Morgan fingerprint density at radius 1 is 1.11 bits per heavy atom. The van der Waals surface area contributed by atoms with Crippen LogP contribution >= 0.6 is 0 Å². The van der Waals surface area contributed by atoms with Crippen LogP contribution in [0.2, 0.25) is 0 Å². The fourth-order valence-corrected chi connectivity index (χ4v) is 3.86. The molecular formula is C25H27F2N7O4. The highest BCUT2D eigenvalue weighted by molar-refractivity contribution is 5.96. The second kappa shape index (κ2) is 12.3. The second-order valence-corrected chi connectivity index (χ2v) is 8.25. The van der Waals surface area contributed by atoms with E-state index in [0.29, 0.717) is 54.2 Å². The van der Waals surface area contributed by atoms with Crippen molar-refractivity contribution in [3.8, 4) is 11.5 Å². The van der Waals surface area contributed by atoms with Gasteiger partial charge in [0.1, 0.15) is 23.8 Å². The molecule has 200 valence electrons. The van der Waals surface area contributed by atoms with Crippen LogP contribution in [0.15, 0.2) is 42.7 Å². The van der Waals surface area contributed by atoms with Crippen molar-refractivity contribution in [2.24, 2.45) is 5.73 Å². The summed E-state index contributed by atoms with van der Waals surface area (Å²) in [4.78, 5) is 21.6. The van der Waals surface area contributed by atoms with E-state index in [1.165, 1.54) is 18.3 Å². The average molecular weight is 528 g/mol. The fourth-order valence-electron chi connectivity index (χ4n) is 3.86. The van der Waals surface area contributed by atoms with Gasteiger partial charge in [0.25, 0.3) is 0 Å². The number of carbonyl (C=O) groups is 1. The van der Waals surface area contributed by atoms with Crippen LogP contribution in [0.4, 0.5) is 26.1 Å². The number of carbonyl (C=O) groups excluding carboxylic acids is 1. The van der Waals surface area contributed by atoms with E-state index in [1.54, 1.807) is 18.2 Å². The lowest BCUT2D eigenvalue weighted by Gasteiger charge is -2.23. The van der Waals surface area contributed by atoms with Crippen molar-refractivity contribution in [2.45, 2.75) is 12.8 Å².